The summed E-state index contributed by atoms with van der Waals surface area (Å²) in [4.78, 5) is 0. The second-order valence-electron chi connectivity index (χ2n) is 4.34. The third kappa shape index (κ3) is 2.43. The Balaban J connectivity index is 2.08. The molecule has 0 radical (unpaired) electrons. The quantitative estimate of drug-likeness (QED) is 0.659. The fourth-order valence-corrected chi connectivity index (χ4v) is 3.56. The smallest absolute Gasteiger partial charge is 0.0566 e. The highest BCUT2D eigenvalue weighted by Gasteiger charge is 2.14. The van der Waals surface area contributed by atoms with E-state index in [9.17, 15) is 0 Å². The van der Waals surface area contributed by atoms with Crippen LogP contribution in [0.2, 0.25) is 5.02 Å². The summed E-state index contributed by atoms with van der Waals surface area (Å²) in [7, 11) is 0. The van der Waals surface area contributed by atoms with Gasteiger partial charge in [0.15, 0.2) is 0 Å². The molecule has 19 heavy (non-hydrogen) atoms. The van der Waals surface area contributed by atoms with Crippen LogP contribution >= 0.6 is 38.9 Å². The zero-order chi connectivity index (χ0) is 13.4. The first-order valence-electron chi connectivity index (χ1n) is 5.83. The van der Waals surface area contributed by atoms with Gasteiger partial charge in [-0.15, -0.1) is 11.3 Å². The maximum atomic E-state index is 6.38. The van der Waals surface area contributed by atoms with Gasteiger partial charge in [0.05, 0.1) is 11.1 Å². The summed E-state index contributed by atoms with van der Waals surface area (Å²) >= 11 is 11.3. The van der Waals surface area contributed by atoms with Gasteiger partial charge in [-0.25, -0.2) is 0 Å². The molecule has 3 rings (SSSR count). The molecule has 4 heteroatoms. The average molecular weight is 353 g/mol. The lowest BCUT2D eigenvalue weighted by molar-refractivity contribution is 0.884. The fourth-order valence-electron chi connectivity index (χ4n) is 2.12. The van der Waals surface area contributed by atoms with Crippen molar-refractivity contribution in [1.29, 1.82) is 0 Å². The van der Waals surface area contributed by atoms with Crippen LogP contribution in [0.5, 0.6) is 0 Å². The van der Waals surface area contributed by atoms with E-state index in [4.69, 9.17) is 17.3 Å². The number of nitrogens with two attached hydrogens (primary N) is 1. The number of halogens is 2. The van der Waals surface area contributed by atoms with E-state index in [2.05, 4.69) is 33.4 Å². The molecule has 0 bridgehead atoms. The summed E-state index contributed by atoms with van der Waals surface area (Å²) < 4.78 is 2.15. The Morgan fingerprint density at radius 1 is 1.16 bits per heavy atom. The minimum Gasteiger partial charge on any atom is -0.320 e. The SMILES string of the molecule is NC(c1ccc(Br)c(Cl)c1)c1csc2ccccc12. The van der Waals surface area contributed by atoms with Crippen LogP contribution in [-0.2, 0) is 0 Å². The van der Waals surface area contributed by atoms with Gasteiger partial charge in [-0.2, -0.15) is 0 Å². The monoisotopic (exact) mass is 351 g/mol. The lowest BCUT2D eigenvalue weighted by atomic mass is 9.99. The maximum Gasteiger partial charge on any atom is 0.0566 e. The van der Waals surface area contributed by atoms with Crippen LogP contribution in [0.15, 0.2) is 52.3 Å². The van der Waals surface area contributed by atoms with Crippen molar-refractivity contribution in [2.24, 2.45) is 5.73 Å². The van der Waals surface area contributed by atoms with Gasteiger partial charge in [0.2, 0.25) is 0 Å². The van der Waals surface area contributed by atoms with Crippen molar-refractivity contribution in [3.8, 4) is 0 Å². The van der Waals surface area contributed by atoms with E-state index in [-0.39, 0.29) is 6.04 Å². The molecule has 0 amide bonds. The molecule has 1 unspecified atom stereocenters. The van der Waals surface area contributed by atoms with Crippen molar-refractivity contribution >= 4 is 49.0 Å². The second kappa shape index (κ2) is 5.25. The molecule has 0 aliphatic heterocycles. The van der Waals surface area contributed by atoms with Crippen LogP contribution in [0.4, 0.5) is 0 Å². The molecule has 0 saturated carbocycles. The van der Waals surface area contributed by atoms with Crippen molar-refractivity contribution in [3.63, 3.8) is 0 Å². The van der Waals surface area contributed by atoms with E-state index in [0.717, 1.165) is 15.6 Å². The molecule has 96 valence electrons. The van der Waals surface area contributed by atoms with E-state index in [1.54, 1.807) is 11.3 Å². The Bertz CT molecular complexity index is 738. The highest BCUT2D eigenvalue weighted by atomic mass is 79.9. The van der Waals surface area contributed by atoms with E-state index in [1.165, 1.54) is 10.1 Å². The molecule has 2 N–H and O–H groups in total. The lowest BCUT2D eigenvalue weighted by Crippen LogP contribution is -2.11. The van der Waals surface area contributed by atoms with Gasteiger partial charge in [0.1, 0.15) is 0 Å². The lowest BCUT2D eigenvalue weighted by Gasteiger charge is -2.12. The van der Waals surface area contributed by atoms with Crippen molar-refractivity contribution in [2.75, 3.05) is 0 Å². The Morgan fingerprint density at radius 3 is 2.74 bits per heavy atom. The van der Waals surface area contributed by atoms with Gasteiger partial charge < -0.3 is 5.73 Å². The van der Waals surface area contributed by atoms with E-state index >= 15 is 0 Å². The average Bonchev–Trinajstić information content (AvgIpc) is 2.85. The third-order valence-electron chi connectivity index (χ3n) is 3.15. The first-order chi connectivity index (χ1) is 9.16. The summed E-state index contributed by atoms with van der Waals surface area (Å²) in [6.07, 6.45) is 0. The zero-order valence-electron chi connectivity index (χ0n) is 9.94. The molecule has 1 aromatic heterocycles. The number of thiophene rings is 1. The Labute approximate surface area is 129 Å². The van der Waals surface area contributed by atoms with Crippen LogP contribution in [0.1, 0.15) is 17.2 Å². The summed E-state index contributed by atoms with van der Waals surface area (Å²) in [5, 5.41) is 4.04. The molecule has 3 aromatic rings. The van der Waals surface area contributed by atoms with Crippen molar-refractivity contribution in [1.82, 2.24) is 0 Å². The van der Waals surface area contributed by atoms with Gasteiger partial charge in [-0.1, -0.05) is 35.9 Å². The molecular formula is C15H11BrClNS. The maximum absolute atomic E-state index is 6.38. The minimum absolute atomic E-state index is 0.151. The highest BCUT2D eigenvalue weighted by molar-refractivity contribution is 9.10. The van der Waals surface area contributed by atoms with Crippen molar-refractivity contribution in [3.05, 3.63) is 68.5 Å². The predicted octanol–water partition coefficient (Wildman–Crippen LogP) is 5.37. The molecular weight excluding hydrogens is 342 g/mol. The van der Waals surface area contributed by atoms with Crippen LogP contribution in [-0.4, -0.2) is 0 Å². The number of benzene rings is 2. The van der Waals surface area contributed by atoms with E-state index in [0.29, 0.717) is 5.02 Å². The molecule has 1 nitrogen and oxygen atoms in total. The van der Waals surface area contributed by atoms with Crippen LogP contribution in [0.3, 0.4) is 0 Å². The molecule has 0 fully saturated rings. The van der Waals surface area contributed by atoms with E-state index < -0.39 is 0 Å². The van der Waals surface area contributed by atoms with Gasteiger partial charge in [0, 0.05) is 9.17 Å². The Hall–Kier alpha value is -0.870. The normalized spacial score (nSPS) is 12.8. The molecule has 1 atom stereocenters. The van der Waals surface area contributed by atoms with E-state index in [1.807, 2.05) is 30.3 Å². The highest BCUT2D eigenvalue weighted by Crippen LogP contribution is 2.34. The first-order valence-corrected chi connectivity index (χ1v) is 7.88. The second-order valence-corrected chi connectivity index (χ2v) is 6.51. The Morgan fingerprint density at radius 2 is 1.95 bits per heavy atom. The van der Waals surface area contributed by atoms with Crippen molar-refractivity contribution < 1.29 is 0 Å². The summed E-state index contributed by atoms with van der Waals surface area (Å²) in [6.45, 7) is 0. The molecule has 0 aliphatic rings. The zero-order valence-corrected chi connectivity index (χ0v) is 13.1. The van der Waals surface area contributed by atoms with Gasteiger partial charge in [-0.05, 0) is 56.0 Å². The molecule has 1 heterocycles. The van der Waals surface area contributed by atoms with Crippen LogP contribution < -0.4 is 5.73 Å². The predicted molar refractivity (Wildman–Crippen MR) is 87.0 cm³/mol. The number of hydrogen-bond donors (Lipinski definition) is 1. The molecule has 2 aromatic carbocycles. The summed E-state index contributed by atoms with van der Waals surface area (Å²) in [5.74, 6) is 0. The Kier molecular flexibility index (Phi) is 3.63. The number of hydrogen-bond acceptors (Lipinski definition) is 2. The van der Waals surface area contributed by atoms with Crippen LogP contribution in [0, 0.1) is 0 Å². The standard InChI is InChI=1S/C15H11BrClNS/c16-12-6-5-9(7-13(12)17)15(18)11-8-19-14-4-2-1-3-10(11)14/h1-8,15H,18H2. The van der Waals surface area contributed by atoms with Crippen molar-refractivity contribution in [2.45, 2.75) is 6.04 Å². The fraction of sp³-hybridized carbons (Fsp3) is 0.0667. The first kappa shape index (κ1) is 13.1. The van der Waals surface area contributed by atoms with Gasteiger partial charge in [-0.3, -0.25) is 0 Å². The largest absolute Gasteiger partial charge is 0.320 e. The topological polar surface area (TPSA) is 26.0 Å². The molecule has 0 spiro atoms. The summed E-state index contributed by atoms with van der Waals surface area (Å²) in [6, 6.07) is 14.0. The minimum atomic E-state index is -0.151. The summed E-state index contributed by atoms with van der Waals surface area (Å²) in [5.41, 5.74) is 8.56. The molecule has 0 saturated heterocycles. The number of rotatable bonds is 2. The third-order valence-corrected chi connectivity index (χ3v) is 5.36. The molecule has 0 aliphatic carbocycles. The van der Waals surface area contributed by atoms with Crippen LogP contribution in [0.25, 0.3) is 10.1 Å². The number of fused-ring (bicyclic) bond motifs is 1. The van der Waals surface area contributed by atoms with Gasteiger partial charge >= 0.3 is 0 Å². The van der Waals surface area contributed by atoms with Gasteiger partial charge in [0.25, 0.3) is 0 Å².